The van der Waals surface area contributed by atoms with E-state index in [0.29, 0.717) is 5.56 Å². The largest absolute Gasteiger partial charge is 0.384 e. The van der Waals surface area contributed by atoms with Crippen molar-refractivity contribution in [2.24, 2.45) is 16.5 Å². The average Bonchev–Trinajstić information content (AvgIpc) is 2.28. The van der Waals surface area contributed by atoms with Crippen molar-refractivity contribution in [3.05, 3.63) is 42.1 Å². The molecule has 0 fully saturated rings. The monoisotopic (exact) mass is 266 g/mol. The number of rotatable bonds is 2. The van der Waals surface area contributed by atoms with Crippen LogP contribution in [0, 0.1) is 0 Å². The fraction of sp³-hybridized carbons (Fsp3) is 0.182. The summed E-state index contributed by atoms with van der Waals surface area (Å²) in [6.45, 7) is 0. The molecule has 0 aromatic heterocycles. The van der Waals surface area contributed by atoms with E-state index in [9.17, 15) is 8.42 Å². The Morgan fingerprint density at radius 1 is 1.39 bits per heavy atom. The lowest BCUT2D eigenvalue weighted by Gasteiger charge is -2.28. The maximum absolute atomic E-state index is 11.5. The van der Waals surface area contributed by atoms with Gasteiger partial charge in [-0.25, -0.2) is 13.4 Å². The van der Waals surface area contributed by atoms with Gasteiger partial charge in [0.25, 0.3) is 0 Å². The van der Waals surface area contributed by atoms with Gasteiger partial charge in [-0.1, -0.05) is 12.1 Å². The minimum atomic E-state index is -3.29. The number of amidine groups is 1. The van der Waals surface area contributed by atoms with Crippen LogP contribution >= 0.6 is 0 Å². The van der Waals surface area contributed by atoms with Crippen LogP contribution in [0.4, 0.5) is 0 Å². The lowest BCUT2D eigenvalue weighted by Crippen LogP contribution is -2.49. The van der Waals surface area contributed by atoms with Crippen LogP contribution in [0.25, 0.3) is 0 Å². The van der Waals surface area contributed by atoms with Crippen LogP contribution in [0.15, 0.2) is 46.4 Å². The zero-order valence-corrected chi connectivity index (χ0v) is 10.6. The number of nitrogens with zero attached hydrogens (tertiary/aromatic N) is 1. The topological polar surface area (TPSA) is 111 Å². The van der Waals surface area contributed by atoms with Crippen molar-refractivity contribution in [1.82, 2.24) is 5.32 Å². The number of sulfone groups is 1. The molecule has 1 atom stereocenters. The van der Waals surface area contributed by atoms with Gasteiger partial charge in [-0.05, 0) is 18.2 Å². The molecule has 1 unspecified atom stereocenters. The highest BCUT2D eigenvalue weighted by molar-refractivity contribution is 7.90. The molecule has 18 heavy (non-hydrogen) atoms. The van der Waals surface area contributed by atoms with Crippen molar-refractivity contribution in [2.45, 2.75) is 10.7 Å². The van der Waals surface area contributed by atoms with Gasteiger partial charge in [0.1, 0.15) is 5.84 Å². The van der Waals surface area contributed by atoms with E-state index in [4.69, 9.17) is 11.5 Å². The number of nitrogens with one attached hydrogen (secondary N) is 1. The van der Waals surface area contributed by atoms with Gasteiger partial charge in [0.2, 0.25) is 5.79 Å². The Hall–Kier alpha value is -1.86. The predicted octanol–water partition coefficient (Wildman–Crippen LogP) is -0.367. The molecule has 1 aliphatic heterocycles. The van der Waals surface area contributed by atoms with E-state index < -0.39 is 15.6 Å². The molecule has 1 aliphatic rings. The van der Waals surface area contributed by atoms with Gasteiger partial charge in [0, 0.05) is 18.0 Å². The first kappa shape index (κ1) is 12.6. The molecular formula is C11H14N4O2S. The molecule has 2 rings (SSSR count). The Morgan fingerprint density at radius 2 is 2.11 bits per heavy atom. The standard InChI is InChI=1S/C11H14N4O2S/c1-18(16,17)9-4-2-3-8(7-9)11(13)14-6-5-10(12)15-11/h2-7,14H,13H2,1H3,(H2,12,15). The number of hydrogen-bond donors (Lipinski definition) is 3. The molecule has 0 radical (unpaired) electrons. The zero-order valence-electron chi connectivity index (χ0n) is 9.79. The van der Waals surface area contributed by atoms with Crippen LogP contribution in [-0.4, -0.2) is 20.5 Å². The Balaban J connectivity index is 2.50. The molecule has 0 aliphatic carbocycles. The molecule has 1 aromatic rings. The van der Waals surface area contributed by atoms with E-state index in [1.807, 2.05) is 0 Å². The lowest BCUT2D eigenvalue weighted by atomic mass is 10.1. The second-order valence-electron chi connectivity index (χ2n) is 4.08. The molecule has 5 N–H and O–H groups in total. The Morgan fingerprint density at radius 3 is 2.72 bits per heavy atom. The van der Waals surface area contributed by atoms with Gasteiger partial charge >= 0.3 is 0 Å². The Kier molecular flexibility index (Phi) is 2.88. The van der Waals surface area contributed by atoms with Gasteiger partial charge in [0.05, 0.1) is 4.90 Å². The highest BCUT2D eigenvalue weighted by atomic mass is 32.2. The van der Waals surface area contributed by atoms with E-state index in [1.54, 1.807) is 24.4 Å². The quantitative estimate of drug-likeness (QED) is 0.676. The third-order valence-electron chi connectivity index (χ3n) is 2.57. The van der Waals surface area contributed by atoms with E-state index in [2.05, 4.69) is 10.3 Å². The van der Waals surface area contributed by atoms with Crippen LogP contribution in [0.1, 0.15) is 5.56 Å². The summed E-state index contributed by atoms with van der Waals surface area (Å²) in [6, 6.07) is 6.30. The van der Waals surface area contributed by atoms with E-state index in [0.717, 1.165) is 6.26 Å². The fourth-order valence-electron chi connectivity index (χ4n) is 1.64. The Bertz CT molecular complexity index is 636. The average molecular weight is 266 g/mol. The van der Waals surface area contributed by atoms with Crippen molar-refractivity contribution < 1.29 is 8.42 Å². The molecule has 0 spiro atoms. The third-order valence-corrected chi connectivity index (χ3v) is 3.68. The van der Waals surface area contributed by atoms with Gasteiger partial charge < -0.3 is 11.1 Å². The minimum Gasteiger partial charge on any atom is -0.384 e. The lowest BCUT2D eigenvalue weighted by molar-refractivity contribution is 0.409. The van der Waals surface area contributed by atoms with Crippen molar-refractivity contribution >= 4 is 15.7 Å². The first-order valence-electron chi connectivity index (χ1n) is 5.20. The molecule has 0 bridgehead atoms. The van der Waals surface area contributed by atoms with E-state index in [1.165, 1.54) is 12.1 Å². The molecular weight excluding hydrogens is 252 g/mol. The maximum Gasteiger partial charge on any atom is 0.211 e. The summed E-state index contributed by atoms with van der Waals surface area (Å²) in [5.74, 6) is -0.958. The molecule has 6 nitrogen and oxygen atoms in total. The SMILES string of the molecule is CS(=O)(=O)c1cccc(C2(N)N=C(N)C=CN2)c1. The summed E-state index contributed by atoms with van der Waals surface area (Å²) in [7, 11) is -3.29. The fourth-order valence-corrected chi connectivity index (χ4v) is 2.31. The van der Waals surface area contributed by atoms with Crippen molar-refractivity contribution in [2.75, 3.05) is 6.26 Å². The second-order valence-corrected chi connectivity index (χ2v) is 6.10. The maximum atomic E-state index is 11.5. The van der Waals surface area contributed by atoms with Gasteiger partial charge in [-0.2, -0.15) is 0 Å². The van der Waals surface area contributed by atoms with Crippen molar-refractivity contribution in [3.63, 3.8) is 0 Å². The predicted molar refractivity (Wildman–Crippen MR) is 69.3 cm³/mol. The van der Waals surface area contributed by atoms with Crippen LogP contribution < -0.4 is 16.8 Å². The summed E-state index contributed by atoms with van der Waals surface area (Å²) < 4.78 is 23.0. The summed E-state index contributed by atoms with van der Waals surface area (Å²) in [5.41, 5.74) is 12.2. The Labute approximate surface area is 105 Å². The third kappa shape index (κ3) is 2.36. The highest BCUT2D eigenvalue weighted by Crippen LogP contribution is 2.22. The van der Waals surface area contributed by atoms with Gasteiger partial charge in [-0.15, -0.1) is 0 Å². The molecule has 7 heteroatoms. The summed E-state index contributed by atoms with van der Waals surface area (Å²) >= 11 is 0. The molecule has 0 amide bonds. The number of hydrogen-bond acceptors (Lipinski definition) is 6. The number of nitrogens with two attached hydrogens (primary N) is 2. The molecule has 1 aromatic carbocycles. The van der Waals surface area contributed by atoms with E-state index in [-0.39, 0.29) is 10.7 Å². The first-order valence-corrected chi connectivity index (χ1v) is 7.09. The molecule has 0 saturated heterocycles. The summed E-state index contributed by atoms with van der Waals surface area (Å²) in [5, 5.41) is 2.86. The van der Waals surface area contributed by atoms with Gasteiger partial charge in [0.15, 0.2) is 9.84 Å². The highest BCUT2D eigenvalue weighted by Gasteiger charge is 2.28. The van der Waals surface area contributed by atoms with Crippen LogP contribution in [-0.2, 0) is 15.6 Å². The second kappa shape index (κ2) is 4.11. The molecule has 1 heterocycles. The molecule has 0 saturated carbocycles. The van der Waals surface area contributed by atoms with Crippen LogP contribution in [0.2, 0.25) is 0 Å². The number of benzene rings is 1. The van der Waals surface area contributed by atoms with Crippen LogP contribution in [0.3, 0.4) is 0 Å². The number of aliphatic imine (C=N–C) groups is 1. The minimum absolute atomic E-state index is 0.190. The summed E-state index contributed by atoms with van der Waals surface area (Å²) in [4.78, 5) is 4.28. The van der Waals surface area contributed by atoms with Gasteiger partial charge in [-0.3, -0.25) is 5.73 Å². The van der Waals surface area contributed by atoms with Crippen LogP contribution in [0.5, 0.6) is 0 Å². The summed E-state index contributed by atoms with van der Waals surface area (Å²) in [6.07, 6.45) is 4.29. The normalized spacial score (nSPS) is 23.3. The molecule has 96 valence electrons. The first-order chi connectivity index (χ1) is 8.31. The smallest absolute Gasteiger partial charge is 0.211 e. The zero-order chi connectivity index (χ0) is 13.4. The van der Waals surface area contributed by atoms with Crippen molar-refractivity contribution in [1.29, 1.82) is 0 Å². The van der Waals surface area contributed by atoms with Crippen molar-refractivity contribution in [3.8, 4) is 0 Å². The van der Waals surface area contributed by atoms with E-state index >= 15 is 0 Å².